The molecule has 0 saturated heterocycles. The van der Waals surface area contributed by atoms with Crippen LogP contribution < -0.4 is 0 Å². The highest BCUT2D eigenvalue weighted by atomic mass is 79.9. The molecule has 130 valence electrons. The van der Waals surface area contributed by atoms with E-state index in [1.165, 1.54) is 10.4 Å². The molecule has 0 fully saturated rings. The summed E-state index contributed by atoms with van der Waals surface area (Å²) in [6.07, 6.45) is 0.998. The van der Waals surface area contributed by atoms with Crippen molar-refractivity contribution in [2.45, 2.75) is 19.9 Å². The third kappa shape index (κ3) is 3.55. The molecule has 2 aromatic heterocycles. The largest absolute Gasteiger partial charge is 0.337 e. The van der Waals surface area contributed by atoms with E-state index in [9.17, 15) is 0 Å². The van der Waals surface area contributed by atoms with Crippen LogP contribution in [0.2, 0.25) is 0 Å². The molecule has 2 aromatic carbocycles. The van der Waals surface area contributed by atoms with Crippen LogP contribution in [-0.4, -0.2) is 30.3 Å². The maximum atomic E-state index is 5.30. The summed E-state index contributed by atoms with van der Waals surface area (Å²) >= 11 is 3.44. The molecular formula is C18H15BrN6O. The molecule has 0 unspecified atom stereocenters. The molecule has 0 aliphatic carbocycles. The average molecular weight is 411 g/mol. The maximum Gasteiger partial charge on any atom is 0.250 e. The number of aromatic nitrogens is 6. The highest BCUT2D eigenvalue weighted by molar-refractivity contribution is 9.10. The van der Waals surface area contributed by atoms with Crippen LogP contribution in [0.1, 0.15) is 18.4 Å². The number of aryl methyl sites for hydroxylation is 1. The second-order valence-corrected chi connectivity index (χ2v) is 6.63. The van der Waals surface area contributed by atoms with Crippen molar-refractivity contribution in [3.05, 3.63) is 64.5 Å². The van der Waals surface area contributed by atoms with Gasteiger partial charge in [-0.05, 0) is 29.3 Å². The normalized spacial score (nSPS) is 11.0. The van der Waals surface area contributed by atoms with E-state index in [1.807, 2.05) is 36.4 Å². The van der Waals surface area contributed by atoms with Crippen molar-refractivity contribution < 1.29 is 4.52 Å². The van der Waals surface area contributed by atoms with Gasteiger partial charge in [-0.2, -0.15) is 9.78 Å². The predicted molar refractivity (Wildman–Crippen MR) is 99.2 cm³/mol. The summed E-state index contributed by atoms with van der Waals surface area (Å²) < 4.78 is 6.26. The monoisotopic (exact) mass is 410 g/mol. The fraction of sp³-hybridized carbons (Fsp3) is 0.167. The van der Waals surface area contributed by atoms with Gasteiger partial charge in [-0.25, -0.2) is 0 Å². The van der Waals surface area contributed by atoms with Crippen molar-refractivity contribution >= 4 is 15.9 Å². The molecule has 0 aliphatic rings. The Kier molecular flexibility index (Phi) is 4.57. The topological polar surface area (TPSA) is 82.5 Å². The first kappa shape index (κ1) is 16.6. The Bertz CT molecular complexity index is 1020. The van der Waals surface area contributed by atoms with Crippen LogP contribution in [0.25, 0.3) is 22.8 Å². The second-order valence-electron chi connectivity index (χ2n) is 5.72. The number of hydrogen-bond donors (Lipinski definition) is 0. The van der Waals surface area contributed by atoms with Crippen LogP contribution in [0.5, 0.6) is 0 Å². The second kappa shape index (κ2) is 7.17. The van der Waals surface area contributed by atoms with Crippen LogP contribution in [0.4, 0.5) is 0 Å². The lowest BCUT2D eigenvalue weighted by atomic mass is 10.1. The van der Waals surface area contributed by atoms with Gasteiger partial charge in [-0.15, -0.1) is 10.2 Å². The van der Waals surface area contributed by atoms with Crippen LogP contribution in [-0.2, 0) is 13.0 Å². The van der Waals surface area contributed by atoms with Crippen molar-refractivity contribution in [3.63, 3.8) is 0 Å². The zero-order chi connectivity index (χ0) is 17.9. The van der Waals surface area contributed by atoms with E-state index >= 15 is 0 Å². The van der Waals surface area contributed by atoms with Crippen LogP contribution in [0.3, 0.4) is 0 Å². The summed E-state index contributed by atoms with van der Waals surface area (Å²) in [5.74, 6) is 1.52. The van der Waals surface area contributed by atoms with Crippen molar-refractivity contribution in [1.82, 2.24) is 30.3 Å². The lowest BCUT2D eigenvalue weighted by Crippen LogP contribution is -2.04. The summed E-state index contributed by atoms with van der Waals surface area (Å²) in [5, 5.41) is 16.6. The first-order valence-electron chi connectivity index (χ1n) is 8.17. The average Bonchev–Trinajstić information content (AvgIpc) is 3.32. The molecule has 7 nitrogen and oxygen atoms in total. The molecule has 0 amide bonds. The van der Waals surface area contributed by atoms with E-state index < -0.39 is 0 Å². The lowest BCUT2D eigenvalue weighted by molar-refractivity contribution is 0.356. The molecule has 0 radical (unpaired) electrons. The Balaban J connectivity index is 1.51. The van der Waals surface area contributed by atoms with Gasteiger partial charge in [0.05, 0.1) is 0 Å². The first-order chi connectivity index (χ1) is 12.7. The van der Waals surface area contributed by atoms with Gasteiger partial charge in [-0.3, -0.25) is 0 Å². The van der Waals surface area contributed by atoms with Gasteiger partial charge in [0, 0.05) is 15.6 Å². The van der Waals surface area contributed by atoms with E-state index in [-0.39, 0.29) is 6.54 Å². The molecule has 4 aromatic rings. The molecule has 8 heteroatoms. The minimum absolute atomic E-state index is 0.265. The third-order valence-corrected chi connectivity index (χ3v) is 4.39. The Morgan fingerprint density at radius 2 is 1.88 bits per heavy atom. The zero-order valence-electron chi connectivity index (χ0n) is 14.0. The molecule has 0 aliphatic heterocycles. The van der Waals surface area contributed by atoms with Gasteiger partial charge in [0.25, 0.3) is 5.89 Å². The third-order valence-electron chi connectivity index (χ3n) is 3.90. The van der Waals surface area contributed by atoms with Crippen molar-refractivity contribution in [1.29, 1.82) is 0 Å². The summed E-state index contributed by atoms with van der Waals surface area (Å²) in [6, 6.07) is 15.8. The Morgan fingerprint density at radius 3 is 2.65 bits per heavy atom. The van der Waals surface area contributed by atoms with Crippen LogP contribution in [0.15, 0.2) is 57.5 Å². The first-order valence-corrected chi connectivity index (χ1v) is 8.96. The molecular weight excluding hydrogens is 396 g/mol. The lowest BCUT2D eigenvalue weighted by Gasteiger charge is -1.97. The maximum absolute atomic E-state index is 5.30. The van der Waals surface area contributed by atoms with E-state index in [4.69, 9.17) is 4.52 Å². The fourth-order valence-corrected chi connectivity index (χ4v) is 2.90. The number of hydrogen-bond acceptors (Lipinski definition) is 6. The van der Waals surface area contributed by atoms with Crippen molar-refractivity contribution in [2.75, 3.05) is 0 Å². The van der Waals surface area contributed by atoms with Gasteiger partial charge in [-0.1, -0.05) is 64.4 Å². The Hall–Kier alpha value is -2.87. The minimum atomic E-state index is 0.265. The van der Waals surface area contributed by atoms with Gasteiger partial charge >= 0.3 is 0 Å². The molecule has 0 N–H and O–H groups in total. The van der Waals surface area contributed by atoms with Crippen LogP contribution >= 0.6 is 15.9 Å². The summed E-state index contributed by atoms with van der Waals surface area (Å²) in [4.78, 5) is 5.84. The highest BCUT2D eigenvalue weighted by Crippen LogP contribution is 2.20. The van der Waals surface area contributed by atoms with Gasteiger partial charge < -0.3 is 4.52 Å². The summed E-state index contributed by atoms with van der Waals surface area (Å²) in [5.41, 5.74) is 3.07. The quantitative estimate of drug-likeness (QED) is 0.497. The van der Waals surface area contributed by atoms with E-state index in [2.05, 4.69) is 60.5 Å². The zero-order valence-corrected chi connectivity index (χ0v) is 15.6. The number of nitrogens with zero attached hydrogens (tertiary/aromatic N) is 6. The summed E-state index contributed by atoms with van der Waals surface area (Å²) in [7, 11) is 0. The number of rotatable bonds is 5. The minimum Gasteiger partial charge on any atom is -0.337 e. The van der Waals surface area contributed by atoms with E-state index in [0.29, 0.717) is 17.5 Å². The molecule has 0 bridgehead atoms. The van der Waals surface area contributed by atoms with Gasteiger partial charge in [0.1, 0.15) is 6.54 Å². The molecule has 0 atom stereocenters. The smallest absolute Gasteiger partial charge is 0.250 e. The standard InChI is InChI=1S/C18H15BrN6O/c1-2-12-6-8-13(9-7-12)18-21-24-25(22-18)11-16-20-17(23-26-16)14-4-3-5-15(19)10-14/h3-10H,2,11H2,1H3. The number of tetrazole rings is 1. The fourth-order valence-electron chi connectivity index (χ4n) is 2.50. The SMILES string of the molecule is CCc1ccc(-c2nnn(Cc3nc(-c4cccc(Br)c4)no3)n2)cc1. The molecule has 4 rings (SSSR count). The van der Waals surface area contributed by atoms with Crippen LogP contribution in [0, 0.1) is 0 Å². The predicted octanol–water partition coefficient (Wildman–Crippen LogP) is 3.76. The molecule has 0 saturated carbocycles. The van der Waals surface area contributed by atoms with Crippen molar-refractivity contribution in [3.8, 4) is 22.8 Å². The van der Waals surface area contributed by atoms with Gasteiger partial charge in [0.2, 0.25) is 11.6 Å². The number of halogens is 1. The molecule has 26 heavy (non-hydrogen) atoms. The molecule has 0 spiro atoms. The molecule has 2 heterocycles. The van der Waals surface area contributed by atoms with Crippen molar-refractivity contribution in [2.24, 2.45) is 0 Å². The van der Waals surface area contributed by atoms with E-state index in [0.717, 1.165) is 22.0 Å². The Morgan fingerprint density at radius 1 is 1.04 bits per heavy atom. The summed E-state index contributed by atoms with van der Waals surface area (Å²) in [6.45, 7) is 2.39. The highest BCUT2D eigenvalue weighted by Gasteiger charge is 2.12. The van der Waals surface area contributed by atoms with E-state index in [1.54, 1.807) is 0 Å². The van der Waals surface area contributed by atoms with Gasteiger partial charge in [0.15, 0.2) is 0 Å². The Labute approximate surface area is 158 Å². The number of benzene rings is 2.